The van der Waals surface area contributed by atoms with E-state index in [1.807, 2.05) is 18.2 Å². The highest BCUT2D eigenvalue weighted by atomic mass is 35.5. The molecule has 0 atom stereocenters. The summed E-state index contributed by atoms with van der Waals surface area (Å²) < 4.78 is 38.0. The van der Waals surface area contributed by atoms with E-state index >= 15 is 0 Å². The molecule has 2 aliphatic rings. The van der Waals surface area contributed by atoms with E-state index in [1.54, 1.807) is 18.7 Å². The third-order valence-corrected chi connectivity index (χ3v) is 8.54. The fraction of sp³-hybridized carbons (Fsp3) is 0.435. The number of rotatable bonds is 7. The van der Waals surface area contributed by atoms with E-state index in [4.69, 9.17) is 21.1 Å². The fourth-order valence-corrected chi connectivity index (χ4v) is 5.94. The second kappa shape index (κ2) is 9.89. The molecular formula is C23H29ClN3O5S+. The Morgan fingerprint density at radius 1 is 1.06 bits per heavy atom. The molecule has 8 nitrogen and oxygen atoms in total. The van der Waals surface area contributed by atoms with Gasteiger partial charge in [-0.25, -0.2) is 8.42 Å². The number of carbonyl (C=O) groups excluding carboxylic acids is 1. The van der Waals surface area contributed by atoms with Gasteiger partial charge in [0, 0.05) is 18.7 Å². The monoisotopic (exact) mass is 494 g/mol. The number of fused-ring (bicyclic) bond motifs is 1. The van der Waals surface area contributed by atoms with Crippen molar-refractivity contribution in [3.63, 3.8) is 0 Å². The maximum absolute atomic E-state index is 13.2. The van der Waals surface area contributed by atoms with E-state index < -0.39 is 10.0 Å². The summed E-state index contributed by atoms with van der Waals surface area (Å²) in [5, 5.41) is 0.258. The van der Waals surface area contributed by atoms with Crippen molar-refractivity contribution in [2.24, 2.45) is 0 Å². The highest BCUT2D eigenvalue weighted by Gasteiger charge is 2.29. The fourth-order valence-electron chi connectivity index (χ4n) is 4.25. The number of sulfonamides is 1. The Morgan fingerprint density at radius 3 is 2.45 bits per heavy atom. The Balaban J connectivity index is 1.42. The van der Waals surface area contributed by atoms with Gasteiger partial charge in [0.25, 0.3) is 5.91 Å². The standard InChI is InChI=1S/C23H28ClN3O5S/c1-3-27(4-2)33(29,30)18-6-7-20(24)19(14-18)23(28)26-11-9-25(10-12-26)15-17-5-8-21-22(13-17)32-16-31-21/h5-8,13-14H,3-4,9-12,15-16H2,1-2H3/p+1. The molecule has 33 heavy (non-hydrogen) atoms. The largest absolute Gasteiger partial charge is 0.454 e. The highest BCUT2D eigenvalue weighted by molar-refractivity contribution is 7.89. The lowest BCUT2D eigenvalue weighted by Crippen LogP contribution is -3.13. The first-order valence-corrected chi connectivity index (χ1v) is 13.0. The van der Waals surface area contributed by atoms with Crippen molar-refractivity contribution < 1.29 is 27.6 Å². The summed E-state index contributed by atoms with van der Waals surface area (Å²) in [5.41, 5.74) is 1.38. The maximum Gasteiger partial charge on any atom is 0.255 e. The van der Waals surface area contributed by atoms with Gasteiger partial charge in [0.1, 0.15) is 6.54 Å². The zero-order valence-corrected chi connectivity index (χ0v) is 20.4. The van der Waals surface area contributed by atoms with Crippen LogP contribution in [-0.4, -0.2) is 69.6 Å². The first kappa shape index (κ1) is 23.8. The minimum atomic E-state index is -3.67. The molecule has 0 aliphatic carbocycles. The third kappa shape index (κ3) is 4.96. The zero-order chi connectivity index (χ0) is 23.6. The van der Waals surface area contributed by atoms with Crippen LogP contribution in [-0.2, 0) is 16.6 Å². The number of benzene rings is 2. The summed E-state index contributed by atoms with van der Waals surface area (Å²) in [6.45, 7) is 8.10. The maximum atomic E-state index is 13.2. The number of piperazine rings is 1. The van der Waals surface area contributed by atoms with Crippen LogP contribution < -0.4 is 14.4 Å². The first-order valence-electron chi connectivity index (χ1n) is 11.1. The number of nitrogens with zero attached hydrogens (tertiary/aromatic N) is 2. The van der Waals surface area contributed by atoms with E-state index in [9.17, 15) is 13.2 Å². The molecule has 10 heteroatoms. The van der Waals surface area contributed by atoms with Crippen LogP contribution in [0.2, 0.25) is 5.02 Å². The van der Waals surface area contributed by atoms with Gasteiger partial charge in [0.05, 0.1) is 41.7 Å². The Morgan fingerprint density at radius 2 is 1.76 bits per heavy atom. The van der Waals surface area contributed by atoms with Crippen LogP contribution in [0.5, 0.6) is 11.5 Å². The Hall–Kier alpha value is -2.33. The van der Waals surface area contributed by atoms with Crippen molar-refractivity contribution in [1.29, 1.82) is 0 Å². The molecule has 0 bridgehead atoms. The number of amides is 1. The van der Waals surface area contributed by atoms with E-state index in [1.165, 1.54) is 27.4 Å². The second-order valence-electron chi connectivity index (χ2n) is 8.14. The van der Waals surface area contributed by atoms with Crippen LogP contribution in [0.25, 0.3) is 0 Å². The summed E-state index contributed by atoms with van der Waals surface area (Å²) in [6.07, 6.45) is 0. The van der Waals surface area contributed by atoms with Gasteiger partial charge in [0.2, 0.25) is 16.8 Å². The van der Waals surface area contributed by atoms with Crippen molar-refractivity contribution in [2.75, 3.05) is 46.1 Å². The van der Waals surface area contributed by atoms with Crippen molar-refractivity contribution in [3.05, 3.63) is 52.5 Å². The molecule has 1 saturated heterocycles. The van der Waals surface area contributed by atoms with E-state index in [-0.39, 0.29) is 28.2 Å². The van der Waals surface area contributed by atoms with Gasteiger partial charge < -0.3 is 19.3 Å². The SMILES string of the molecule is CCN(CC)S(=O)(=O)c1ccc(Cl)c(C(=O)N2CC[NH+](Cc3ccc4c(c3)OCO4)CC2)c1. The molecule has 2 aromatic rings. The van der Waals surface area contributed by atoms with Crippen LogP contribution in [0, 0.1) is 0 Å². The Bertz CT molecular complexity index is 1130. The van der Waals surface area contributed by atoms with Gasteiger partial charge in [-0.2, -0.15) is 4.31 Å². The molecule has 1 N–H and O–H groups in total. The van der Waals surface area contributed by atoms with E-state index in [0.29, 0.717) is 26.2 Å². The number of hydrogen-bond donors (Lipinski definition) is 1. The molecule has 2 aromatic carbocycles. The lowest BCUT2D eigenvalue weighted by Gasteiger charge is -2.32. The van der Waals surface area contributed by atoms with Gasteiger partial charge >= 0.3 is 0 Å². The quantitative estimate of drug-likeness (QED) is 0.633. The lowest BCUT2D eigenvalue weighted by molar-refractivity contribution is -0.917. The van der Waals surface area contributed by atoms with Gasteiger partial charge in [-0.15, -0.1) is 0 Å². The highest BCUT2D eigenvalue weighted by Crippen LogP contribution is 2.32. The molecule has 0 radical (unpaired) electrons. The lowest BCUT2D eigenvalue weighted by atomic mass is 10.1. The molecule has 2 heterocycles. The second-order valence-corrected chi connectivity index (χ2v) is 10.5. The minimum absolute atomic E-state index is 0.0889. The average Bonchev–Trinajstić information content (AvgIpc) is 3.28. The molecule has 2 aliphatic heterocycles. The summed E-state index contributed by atoms with van der Waals surface area (Å²) in [5.74, 6) is 1.31. The van der Waals surface area contributed by atoms with E-state index in [0.717, 1.165) is 36.7 Å². The van der Waals surface area contributed by atoms with Crippen LogP contribution in [0.15, 0.2) is 41.3 Å². The summed E-state index contributed by atoms with van der Waals surface area (Å²) in [4.78, 5) is 16.4. The zero-order valence-electron chi connectivity index (χ0n) is 18.8. The molecule has 4 rings (SSSR count). The number of hydrogen-bond acceptors (Lipinski definition) is 5. The first-order chi connectivity index (χ1) is 15.8. The van der Waals surface area contributed by atoms with Crippen LogP contribution >= 0.6 is 11.6 Å². The molecule has 0 saturated carbocycles. The van der Waals surface area contributed by atoms with Gasteiger partial charge in [-0.1, -0.05) is 25.4 Å². The van der Waals surface area contributed by atoms with Gasteiger partial charge in [0.15, 0.2) is 11.5 Å². The van der Waals surface area contributed by atoms with Crippen molar-refractivity contribution >= 4 is 27.5 Å². The topological polar surface area (TPSA) is 80.6 Å². The third-order valence-electron chi connectivity index (χ3n) is 6.16. The molecule has 178 valence electrons. The number of halogens is 1. The molecular weight excluding hydrogens is 466 g/mol. The van der Waals surface area contributed by atoms with Crippen molar-refractivity contribution in [3.8, 4) is 11.5 Å². The van der Waals surface area contributed by atoms with Crippen molar-refractivity contribution in [2.45, 2.75) is 25.3 Å². The van der Waals surface area contributed by atoms with Crippen LogP contribution in [0.3, 0.4) is 0 Å². The Labute approximate surface area is 199 Å². The number of quaternary nitrogens is 1. The van der Waals surface area contributed by atoms with Gasteiger partial charge in [-0.05, 0) is 36.4 Å². The average molecular weight is 495 g/mol. The molecule has 0 aromatic heterocycles. The molecule has 1 fully saturated rings. The normalized spacial score (nSPS) is 16.4. The summed E-state index contributed by atoms with van der Waals surface area (Å²) in [6, 6.07) is 10.3. The number of carbonyl (C=O) groups is 1. The predicted octanol–water partition coefficient (Wildman–Crippen LogP) is 1.64. The molecule has 0 unspecified atom stereocenters. The Kier molecular flexibility index (Phi) is 7.13. The number of ether oxygens (including phenoxy) is 2. The van der Waals surface area contributed by atoms with Crippen molar-refractivity contribution in [1.82, 2.24) is 9.21 Å². The molecule has 0 spiro atoms. The smallest absolute Gasteiger partial charge is 0.255 e. The van der Waals surface area contributed by atoms with Crippen LogP contribution in [0.4, 0.5) is 0 Å². The summed E-state index contributed by atoms with van der Waals surface area (Å²) >= 11 is 6.31. The predicted molar refractivity (Wildman–Crippen MR) is 124 cm³/mol. The minimum Gasteiger partial charge on any atom is -0.454 e. The summed E-state index contributed by atoms with van der Waals surface area (Å²) in [7, 11) is -3.67. The van der Waals surface area contributed by atoms with E-state index in [2.05, 4.69) is 0 Å². The van der Waals surface area contributed by atoms with Crippen LogP contribution in [0.1, 0.15) is 29.8 Å². The van der Waals surface area contributed by atoms with Gasteiger partial charge in [-0.3, -0.25) is 4.79 Å². The molecule has 1 amide bonds. The number of nitrogens with one attached hydrogen (secondary N) is 1.